The quantitative estimate of drug-likeness (QED) is 0.601. The molecule has 0 spiro atoms. The summed E-state index contributed by atoms with van der Waals surface area (Å²) in [5.41, 5.74) is 0.707. The third-order valence-electron chi connectivity index (χ3n) is 1.42. The molecule has 0 saturated heterocycles. The van der Waals surface area contributed by atoms with Gasteiger partial charge in [-0.05, 0) is 6.07 Å². The van der Waals surface area contributed by atoms with Crippen LogP contribution in [0.5, 0.6) is 0 Å². The lowest BCUT2D eigenvalue weighted by atomic mass is 10.3. The predicted molar refractivity (Wildman–Crippen MR) is 40.2 cm³/mol. The van der Waals surface area contributed by atoms with Crippen LogP contribution in [0.3, 0.4) is 0 Å². The molecule has 0 saturated carbocycles. The Labute approximate surface area is 69.7 Å². The molecule has 4 heteroatoms. The maximum absolute atomic E-state index is 10.3. The van der Waals surface area contributed by atoms with E-state index in [-0.39, 0.29) is 13.2 Å². The first-order valence-corrected chi connectivity index (χ1v) is 3.53. The molecule has 12 heavy (non-hydrogen) atoms. The van der Waals surface area contributed by atoms with Gasteiger partial charge in [0.25, 0.3) is 0 Å². The van der Waals surface area contributed by atoms with Crippen molar-refractivity contribution in [2.24, 2.45) is 0 Å². The van der Waals surface area contributed by atoms with Crippen molar-refractivity contribution in [3.05, 3.63) is 30.1 Å². The lowest BCUT2D eigenvalue weighted by Crippen LogP contribution is -2.37. The highest BCUT2D eigenvalue weighted by atomic mass is 16.4. The number of carbonyl (C=O) groups is 1. The molecule has 0 aliphatic carbocycles. The number of aliphatic hydroxyl groups excluding tert-OH is 1. The van der Waals surface area contributed by atoms with Gasteiger partial charge in [0.1, 0.15) is 0 Å². The summed E-state index contributed by atoms with van der Waals surface area (Å²) in [6.07, 6.45) is 3.25. The van der Waals surface area contributed by atoms with Crippen molar-refractivity contribution in [2.45, 2.75) is 13.2 Å². The van der Waals surface area contributed by atoms with Gasteiger partial charge in [-0.15, -0.1) is 0 Å². The van der Waals surface area contributed by atoms with Crippen molar-refractivity contribution in [2.75, 3.05) is 0 Å². The molecular formula is C8H10NO3+. The van der Waals surface area contributed by atoms with Crippen molar-refractivity contribution in [1.82, 2.24) is 0 Å². The minimum absolute atomic E-state index is 0.0690. The van der Waals surface area contributed by atoms with Gasteiger partial charge in [-0.25, -0.2) is 4.79 Å². The second-order valence-corrected chi connectivity index (χ2v) is 2.44. The summed E-state index contributed by atoms with van der Waals surface area (Å²) in [5.74, 6) is -0.893. The first kappa shape index (κ1) is 8.67. The molecule has 1 rings (SSSR count). The zero-order chi connectivity index (χ0) is 8.97. The van der Waals surface area contributed by atoms with Crippen LogP contribution in [0.2, 0.25) is 0 Å². The fourth-order valence-electron chi connectivity index (χ4n) is 0.924. The van der Waals surface area contributed by atoms with Gasteiger partial charge in [0.05, 0.1) is 6.61 Å². The van der Waals surface area contributed by atoms with E-state index in [1.807, 2.05) is 0 Å². The molecule has 0 aromatic carbocycles. The van der Waals surface area contributed by atoms with Crippen LogP contribution in [-0.4, -0.2) is 16.2 Å². The highest BCUT2D eigenvalue weighted by Gasteiger charge is 2.06. The largest absolute Gasteiger partial charge is 0.477 e. The van der Waals surface area contributed by atoms with Crippen LogP contribution >= 0.6 is 0 Å². The van der Waals surface area contributed by atoms with E-state index in [9.17, 15) is 4.79 Å². The molecular weight excluding hydrogens is 158 g/mol. The fraction of sp³-hybridized carbons (Fsp3) is 0.250. The van der Waals surface area contributed by atoms with Gasteiger partial charge < -0.3 is 10.2 Å². The molecule has 0 atom stereocenters. The van der Waals surface area contributed by atoms with Crippen LogP contribution in [0.4, 0.5) is 0 Å². The normalized spacial score (nSPS) is 9.75. The number of carboxylic acids is 1. The van der Waals surface area contributed by atoms with Gasteiger partial charge in [0.2, 0.25) is 6.54 Å². The number of carboxylic acid groups (broad SMARTS) is 1. The van der Waals surface area contributed by atoms with Crippen LogP contribution < -0.4 is 4.57 Å². The SMILES string of the molecule is O=C(O)C[n+]1cccc(CO)c1. The number of pyridine rings is 1. The third-order valence-corrected chi connectivity index (χ3v) is 1.42. The van der Waals surface area contributed by atoms with Gasteiger partial charge in [-0.2, -0.15) is 4.57 Å². The number of hydrogen-bond donors (Lipinski definition) is 2. The van der Waals surface area contributed by atoms with E-state index < -0.39 is 5.97 Å². The Hall–Kier alpha value is -1.42. The molecule has 2 N–H and O–H groups in total. The van der Waals surface area contributed by atoms with Crippen molar-refractivity contribution in [3.63, 3.8) is 0 Å². The molecule has 64 valence electrons. The number of aromatic nitrogens is 1. The molecule has 0 aliphatic heterocycles. The maximum Gasteiger partial charge on any atom is 0.370 e. The molecule has 0 amide bonds. The lowest BCUT2D eigenvalue weighted by molar-refractivity contribution is -0.686. The maximum atomic E-state index is 10.3. The third kappa shape index (κ3) is 2.32. The molecule has 0 fully saturated rings. The second-order valence-electron chi connectivity index (χ2n) is 2.44. The Bertz CT molecular complexity index is 285. The minimum Gasteiger partial charge on any atom is -0.477 e. The molecule has 0 radical (unpaired) electrons. The second kappa shape index (κ2) is 3.82. The molecule has 0 aliphatic rings. The summed E-state index contributed by atoms with van der Waals surface area (Å²) in [7, 11) is 0. The van der Waals surface area contributed by atoms with Crippen molar-refractivity contribution >= 4 is 5.97 Å². The van der Waals surface area contributed by atoms with Crippen molar-refractivity contribution < 1.29 is 19.6 Å². The number of aliphatic hydroxyl groups is 1. The Morgan fingerprint density at radius 2 is 2.33 bits per heavy atom. The van der Waals surface area contributed by atoms with Crippen LogP contribution in [0.25, 0.3) is 0 Å². The summed E-state index contributed by atoms with van der Waals surface area (Å²) in [4.78, 5) is 10.3. The zero-order valence-corrected chi connectivity index (χ0v) is 6.47. The summed E-state index contributed by atoms with van der Waals surface area (Å²) in [6.45, 7) is -0.145. The first-order valence-electron chi connectivity index (χ1n) is 3.53. The minimum atomic E-state index is -0.893. The van der Waals surface area contributed by atoms with E-state index in [0.29, 0.717) is 5.56 Å². The van der Waals surface area contributed by atoms with E-state index >= 15 is 0 Å². The summed E-state index contributed by atoms with van der Waals surface area (Å²) < 4.78 is 1.51. The number of nitrogens with zero attached hydrogens (tertiary/aromatic N) is 1. The van der Waals surface area contributed by atoms with Crippen LogP contribution in [-0.2, 0) is 17.9 Å². The summed E-state index contributed by atoms with van der Waals surface area (Å²) in [5, 5.41) is 17.2. The Morgan fingerprint density at radius 1 is 1.58 bits per heavy atom. The Morgan fingerprint density at radius 3 is 2.92 bits per heavy atom. The van der Waals surface area contributed by atoms with Crippen LogP contribution in [0.1, 0.15) is 5.56 Å². The number of rotatable bonds is 3. The zero-order valence-electron chi connectivity index (χ0n) is 6.47. The van der Waals surface area contributed by atoms with Gasteiger partial charge in [-0.3, -0.25) is 0 Å². The highest BCUT2D eigenvalue weighted by Crippen LogP contribution is 1.92. The van der Waals surface area contributed by atoms with E-state index in [0.717, 1.165) is 0 Å². The number of aliphatic carboxylic acids is 1. The van der Waals surface area contributed by atoms with Crippen molar-refractivity contribution in [1.29, 1.82) is 0 Å². The monoisotopic (exact) mass is 168 g/mol. The van der Waals surface area contributed by atoms with Crippen molar-refractivity contribution in [3.8, 4) is 0 Å². The van der Waals surface area contributed by atoms with Crippen LogP contribution in [0, 0.1) is 0 Å². The van der Waals surface area contributed by atoms with Gasteiger partial charge in [0, 0.05) is 11.6 Å². The lowest BCUT2D eigenvalue weighted by Gasteiger charge is -1.94. The fourth-order valence-corrected chi connectivity index (χ4v) is 0.924. The van der Waals surface area contributed by atoms with Gasteiger partial charge in [0.15, 0.2) is 12.4 Å². The molecule has 1 aromatic rings. The van der Waals surface area contributed by atoms with E-state index in [1.165, 1.54) is 4.57 Å². The molecule has 1 heterocycles. The van der Waals surface area contributed by atoms with Crippen LogP contribution in [0.15, 0.2) is 24.5 Å². The standard InChI is InChI=1S/C8H9NO3/c10-6-7-2-1-3-9(4-7)5-8(11)12/h1-4,10H,5-6H2/p+1. The molecule has 1 aromatic heterocycles. The summed E-state index contributed by atoms with van der Waals surface area (Å²) in [6, 6.07) is 3.44. The van der Waals surface area contributed by atoms with E-state index in [1.54, 1.807) is 24.5 Å². The predicted octanol–water partition coefficient (Wildman–Crippen LogP) is -0.449. The average Bonchev–Trinajstić information content (AvgIpc) is 2.03. The Balaban J connectivity index is 2.79. The highest BCUT2D eigenvalue weighted by molar-refractivity contribution is 5.64. The summed E-state index contributed by atoms with van der Waals surface area (Å²) >= 11 is 0. The molecule has 0 bridgehead atoms. The average molecular weight is 168 g/mol. The van der Waals surface area contributed by atoms with E-state index in [4.69, 9.17) is 10.2 Å². The number of hydrogen-bond acceptors (Lipinski definition) is 2. The molecule has 0 unspecified atom stereocenters. The van der Waals surface area contributed by atoms with Gasteiger partial charge >= 0.3 is 5.97 Å². The Kier molecular flexibility index (Phi) is 2.76. The molecule has 4 nitrogen and oxygen atoms in total. The van der Waals surface area contributed by atoms with E-state index in [2.05, 4.69) is 0 Å². The van der Waals surface area contributed by atoms with Gasteiger partial charge in [-0.1, -0.05) is 0 Å². The smallest absolute Gasteiger partial charge is 0.370 e. The topological polar surface area (TPSA) is 61.4 Å². The first-order chi connectivity index (χ1) is 5.72.